The third kappa shape index (κ3) is 7.09. The number of alkyl halides is 6. The number of amides is 1. The summed E-state index contributed by atoms with van der Waals surface area (Å²) < 4.78 is 72.9. The first-order valence-electron chi connectivity index (χ1n) is 9.59. The Morgan fingerprint density at radius 2 is 1.69 bits per heavy atom. The largest absolute Gasteiger partial charge is 0.542 e. The number of halogens is 7. The minimum absolute atomic E-state index is 0.107. The molecule has 1 atom stereocenters. The molecular formula is C21H18ClF6N3O4. The van der Waals surface area contributed by atoms with E-state index in [-0.39, 0.29) is 5.82 Å². The molecule has 0 spiro atoms. The quantitative estimate of drug-likeness (QED) is 0.359. The van der Waals surface area contributed by atoms with Crippen LogP contribution >= 0.6 is 11.6 Å². The summed E-state index contributed by atoms with van der Waals surface area (Å²) in [4.78, 5) is 24.3. The van der Waals surface area contributed by atoms with Gasteiger partial charge in [0.15, 0.2) is 17.3 Å². The maximum atomic E-state index is 13.3. The van der Waals surface area contributed by atoms with Crippen LogP contribution in [0.25, 0.3) is 16.8 Å². The predicted molar refractivity (Wildman–Crippen MR) is 109 cm³/mol. The van der Waals surface area contributed by atoms with Gasteiger partial charge in [-0.1, -0.05) is 29.8 Å². The van der Waals surface area contributed by atoms with Gasteiger partial charge >= 0.3 is 24.1 Å². The number of rotatable bonds is 4. The van der Waals surface area contributed by atoms with Crippen molar-refractivity contribution in [1.29, 1.82) is 0 Å². The number of fused-ring (bicyclic) bond motifs is 1. The van der Waals surface area contributed by atoms with E-state index in [4.69, 9.17) is 21.5 Å². The molecule has 0 fully saturated rings. The SMILES string of the molecule is CC(C)(O)C(NC(=O)c1[nH]c(-c2cccc(Cl)c2)c2cccc[n+]12)C(F)(F)F.O=C([O-])C(F)(F)F. The van der Waals surface area contributed by atoms with Crippen LogP contribution in [0.2, 0.25) is 5.02 Å². The van der Waals surface area contributed by atoms with Crippen LogP contribution in [-0.2, 0) is 4.79 Å². The van der Waals surface area contributed by atoms with Crippen LogP contribution in [0.4, 0.5) is 26.3 Å². The number of aromatic amines is 1. The number of hydrogen-bond acceptors (Lipinski definition) is 4. The average Bonchev–Trinajstić information content (AvgIpc) is 3.10. The summed E-state index contributed by atoms with van der Waals surface area (Å²) in [5.74, 6) is -4.12. The summed E-state index contributed by atoms with van der Waals surface area (Å²) in [6.45, 7) is 1.98. The Bertz CT molecular complexity index is 1200. The van der Waals surface area contributed by atoms with Crippen molar-refractivity contribution in [3.05, 3.63) is 59.5 Å². The molecule has 0 radical (unpaired) electrons. The Kier molecular flexibility index (Phi) is 8.07. The molecule has 0 aliphatic rings. The standard InChI is InChI=1S/C19H17ClF3N3O2.C2HF3O2/c1-18(2,28)17(19(21,22)23)25-16(27)15-24-14(11-6-5-7-12(20)10-11)13-8-3-4-9-26(13)15;3-2(4,5)1(6)7/h3-10,17,28H,1-2H3,(H,25,27);(H,6,7). The van der Waals surface area contributed by atoms with E-state index in [0.717, 1.165) is 13.8 Å². The summed E-state index contributed by atoms with van der Waals surface area (Å²) in [7, 11) is 0. The van der Waals surface area contributed by atoms with Gasteiger partial charge < -0.3 is 20.3 Å². The number of imidazole rings is 1. The van der Waals surface area contributed by atoms with Crippen LogP contribution < -0.4 is 14.8 Å². The number of H-pyrrole nitrogens is 1. The van der Waals surface area contributed by atoms with Crippen LogP contribution in [0.1, 0.15) is 24.5 Å². The molecule has 14 heteroatoms. The minimum atomic E-state index is -5.19. The molecular weight excluding hydrogens is 508 g/mol. The van der Waals surface area contributed by atoms with Gasteiger partial charge in [0.25, 0.3) is 0 Å². The lowest BCUT2D eigenvalue weighted by atomic mass is 9.98. The van der Waals surface area contributed by atoms with Gasteiger partial charge in [0.05, 0.1) is 11.8 Å². The Morgan fingerprint density at radius 1 is 1.09 bits per heavy atom. The van der Waals surface area contributed by atoms with E-state index in [9.17, 15) is 36.2 Å². The van der Waals surface area contributed by atoms with Crippen LogP contribution in [0.15, 0.2) is 48.7 Å². The molecule has 3 aromatic rings. The lowest BCUT2D eigenvalue weighted by Crippen LogP contribution is -2.58. The van der Waals surface area contributed by atoms with Crippen molar-refractivity contribution < 1.29 is 50.5 Å². The zero-order valence-electron chi connectivity index (χ0n) is 18.0. The second kappa shape index (κ2) is 10.1. The molecule has 35 heavy (non-hydrogen) atoms. The zero-order chi connectivity index (χ0) is 26.8. The van der Waals surface area contributed by atoms with Crippen molar-refractivity contribution in [3.63, 3.8) is 0 Å². The fourth-order valence-electron chi connectivity index (χ4n) is 2.97. The number of nitrogens with one attached hydrogen (secondary N) is 2. The average molecular weight is 526 g/mol. The van der Waals surface area contributed by atoms with Gasteiger partial charge in [0, 0.05) is 10.6 Å². The third-order valence-corrected chi connectivity index (χ3v) is 4.70. The normalized spacial score (nSPS) is 13.1. The highest BCUT2D eigenvalue weighted by atomic mass is 35.5. The maximum Gasteiger partial charge on any atom is 0.430 e. The van der Waals surface area contributed by atoms with Crippen LogP contribution in [0.3, 0.4) is 0 Å². The number of carbonyl (C=O) groups excluding carboxylic acids is 2. The number of benzene rings is 1. The van der Waals surface area contributed by atoms with Gasteiger partial charge in [0.2, 0.25) is 0 Å². The Balaban J connectivity index is 0.000000540. The number of carboxylic acid groups (broad SMARTS) is 1. The van der Waals surface area contributed by atoms with E-state index < -0.39 is 35.9 Å². The number of carbonyl (C=O) groups is 2. The molecule has 3 rings (SSSR count). The van der Waals surface area contributed by atoms with Crippen molar-refractivity contribution in [2.75, 3.05) is 0 Å². The van der Waals surface area contributed by atoms with Gasteiger partial charge in [-0.15, -0.1) is 0 Å². The molecule has 190 valence electrons. The highest BCUT2D eigenvalue weighted by Gasteiger charge is 2.50. The molecule has 1 aromatic carbocycles. The first kappa shape index (κ1) is 27.9. The summed E-state index contributed by atoms with van der Waals surface area (Å²) in [6.07, 6.45) is -8.46. The Hall–Kier alpha value is -3.32. The molecule has 0 aliphatic carbocycles. The van der Waals surface area contributed by atoms with Crippen molar-refractivity contribution in [2.24, 2.45) is 0 Å². The van der Waals surface area contributed by atoms with Gasteiger partial charge in [-0.2, -0.15) is 30.7 Å². The van der Waals surface area contributed by atoms with E-state index >= 15 is 0 Å². The number of nitrogens with zero attached hydrogens (tertiary/aromatic N) is 1. The lowest BCUT2D eigenvalue weighted by molar-refractivity contribution is -0.514. The number of aromatic nitrogens is 2. The molecule has 7 nitrogen and oxygen atoms in total. The van der Waals surface area contributed by atoms with Crippen LogP contribution in [0.5, 0.6) is 0 Å². The van der Waals surface area contributed by atoms with Gasteiger partial charge in [-0.25, -0.2) is 4.98 Å². The number of pyridine rings is 1. The first-order chi connectivity index (χ1) is 15.9. The van der Waals surface area contributed by atoms with Crippen molar-refractivity contribution in [1.82, 2.24) is 10.3 Å². The predicted octanol–water partition coefficient (Wildman–Crippen LogP) is 2.80. The molecule has 1 unspecified atom stereocenters. The Labute approximate surface area is 199 Å². The first-order valence-corrected chi connectivity index (χ1v) is 9.97. The second-order valence-corrected chi connectivity index (χ2v) is 8.14. The summed E-state index contributed by atoms with van der Waals surface area (Å²) in [5, 5.41) is 21.0. The third-order valence-electron chi connectivity index (χ3n) is 4.47. The number of aliphatic carboxylic acids is 1. The monoisotopic (exact) mass is 525 g/mol. The van der Waals surface area contributed by atoms with E-state index in [0.29, 0.717) is 21.8 Å². The summed E-state index contributed by atoms with van der Waals surface area (Å²) in [5.41, 5.74) is -0.413. The fraction of sp³-hybridized carbons (Fsp3) is 0.286. The smallest absolute Gasteiger partial charge is 0.430 e. The lowest BCUT2D eigenvalue weighted by Gasteiger charge is -2.31. The van der Waals surface area contributed by atoms with Gasteiger partial charge in [-0.05, 0) is 38.1 Å². The molecule has 0 saturated heterocycles. The van der Waals surface area contributed by atoms with E-state index in [1.807, 2.05) is 5.32 Å². The highest BCUT2D eigenvalue weighted by Crippen LogP contribution is 2.29. The van der Waals surface area contributed by atoms with Crippen molar-refractivity contribution >= 4 is 29.0 Å². The number of carboxylic acids is 1. The van der Waals surface area contributed by atoms with Crippen molar-refractivity contribution in [3.8, 4) is 11.3 Å². The molecule has 2 heterocycles. The number of aliphatic hydroxyl groups is 1. The molecule has 0 aliphatic heterocycles. The van der Waals surface area contributed by atoms with Crippen LogP contribution in [-0.4, -0.2) is 46.0 Å². The molecule has 0 saturated carbocycles. The van der Waals surface area contributed by atoms with Crippen LogP contribution in [0, 0.1) is 0 Å². The highest BCUT2D eigenvalue weighted by molar-refractivity contribution is 6.30. The Morgan fingerprint density at radius 3 is 2.17 bits per heavy atom. The van der Waals surface area contributed by atoms with E-state index in [1.165, 1.54) is 4.40 Å². The van der Waals surface area contributed by atoms with Gasteiger partial charge in [0.1, 0.15) is 5.97 Å². The minimum Gasteiger partial charge on any atom is -0.542 e. The van der Waals surface area contributed by atoms with E-state index in [1.54, 1.807) is 48.7 Å². The molecule has 1 amide bonds. The second-order valence-electron chi connectivity index (χ2n) is 7.70. The topological polar surface area (TPSA) is 109 Å². The molecule has 2 aromatic heterocycles. The van der Waals surface area contributed by atoms with Gasteiger partial charge in [-0.3, -0.25) is 4.79 Å². The maximum absolute atomic E-state index is 13.3. The molecule has 0 bridgehead atoms. The molecule has 3 N–H and O–H groups in total. The summed E-state index contributed by atoms with van der Waals surface area (Å²) in [6, 6.07) is 9.54. The van der Waals surface area contributed by atoms with E-state index in [2.05, 4.69) is 4.98 Å². The van der Waals surface area contributed by atoms with Crippen molar-refractivity contribution in [2.45, 2.75) is 37.8 Å². The number of hydrogen-bond donors (Lipinski definition) is 3. The zero-order valence-corrected chi connectivity index (χ0v) is 18.7. The summed E-state index contributed by atoms with van der Waals surface area (Å²) >= 11 is 6.03. The fourth-order valence-corrected chi connectivity index (χ4v) is 3.16.